The van der Waals surface area contributed by atoms with Gasteiger partial charge < -0.3 is 4.98 Å². The molecule has 0 aliphatic heterocycles. The molecule has 7 heteroatoms. The van der Waals surface area contributed by atoms with Crippen molar-refractivity contribution in [1.29, 1.82) is 0 Å². The van der Waals surface area contributed by atoms with Crippen molar-refractivity contribution in [3.63, 3.8) is 0 Å². The number of aromatic nitrogens is 1. The number of benzene rings is 2. The van der Waals surface area contributed by atoms with Crippen LogP contribution in [0.15, 0.2) is 42.6 Å². The molecule has 0 fully saturated rings. The molecular formula is C20H22F2N2O2S. The monoisotopic (exact) mass is 392 g/mol. The highest BCUT2D eigenvalue weighted by Crippen LogP contribution is 2.43. The number of H-pyrrole nitrogens is 1. The highest BCUT2D eigenvalue weighted by atomic mass is 32.2. The Morgan fingerprint density at radius 2 is 1.78 bits per heavy atom. The maximum absolute atomic E-state index is 13.9. The van der Waals surface area contributed by atoms with Crippen LogP contribution in [0.2, 0.25) is 0 Å². The van der Waals surface area contributed by atoms with Crippen LogP contribution in [0.3, 0.4) is 0 Å². The first-order valence-corrected chi connectivity index (χ1v) is 10.6. The van der Waals surface area contributed by atoms with Gasteiger partial charge in [0.2, 0.25) is 10.0 Å². The maximum atomic E-state index is 13.9. The number of rotatable bonds is 6. The summed E-state index contributed by atoms with van der Waals surface area (Å²) >= 11 is 0. The van der Waals surface area contributed by atoms with Gasteiger partial charge in [-0.25, -0.2) is 17.2 Å². The minimum atomic E-state index is -3.43. The van der Waals surface area contributed by atoms with Crippen LogP contribution in [0, 0.1) is 11.6 Å². The Morgan fingerprint density at radius 1 is 1.07 bits per heavy atom. The zero-order valence-corrected chi connectivity index (χ0v) is 16.3. The van der Waals surface area contributed by atoms with Gasteiger partial charge in [-0.15, -0.1) is 0 Å². The van der Waals surface area contributed by atoms with Gasteiger partial charge in [0.05, 0.1) is 17.5 Å². The van der Waals surface area contributed by atoms with Crippen molar-refractivity contribution >= 4 is 26.6 Å². The summed E-state index contributed by atoms with van der Waals surface area (Å²) in [5.41, 5.74) is 2.19. The molecule has 0 bridgehead atoms. The first-order valence-electron chi connectivity index (χ1n) is 8.75. The molecule has 0 aliphatic carbocycles. The van der Waals surface area contributed by atoms with Crippen LogP contribution in [-0.2, 0) is 15.4 Å². The van der Waals surface area contributed by atoms with Crippen LogP contribution in [0.5, 0.6) is 0 Å². The van der Waals surface area contributed by atoms with Gasteiger partial charge >= 0.3 is 0 Å². The quantitative estimate of drug-likeness (QED) is 0.625. The fraction of sp³-hybridized carbons (Fsp3) is 0.300. The van der Waals surface area contributed by atoms with E-state index in [2.05, 4.69) is 9.71 Å². The predicted molar refractivity (Wildman–Crippen MR) is 104 cm³/mol. The number of anilines is 1. The largest absolute Gasteiger partial charge is 0.359 e. The Bertz CT molecular complexity index is 1090. The Balaban J connectivity index is 2.24. The molecule has 0 aliphatic rings. The molecule has 2 aromatic carbocycles. The summed E-state index contributed by atoms with van der Waals surface area (Å²) in [6.45, 7) is 4.00. The molecule has 0 unspecified atom stereocenters. The third-order valence-corrected chi connectivity index (χ3v) is 5.80. The lowest BCUT2D eigenvalue weighted by Crippen LogP contribution is -2.26. The third-order valence-electron chi connectivity index (χ3n) is 5.21. The minimum absolute atomic E-state index is 0.452. The van der Waals surface area contributed by atoms with Gasteiger partial charge in [0, 0.05) is 17.0 Å². The minimum Gasteiger partial charge on any atom is -0.359 e. The predicted octanol–water partition coefficient (Wildman–Crippen LogP) is 4.92. The van der Waals surface area contributed by atoms with Crippen LogP contribution < -0.4 is 4.72 Å². The Labute approximate surface area is 157 Å². The van der Waals surface area contributed by atoms with Crippen LogP contribution in [0.4, 0.5) is 14.5 Å². The molecule has 27 heavy (non-hydrogen) atoms. The van der Waals surface area contributed by atoms with Gasteiger partial charge in [-0.2, -0.15) is 0 Å². The summed E-state index contributed by atoms with van der Waals surface area (Å²) in [5, 5.41) is 0.845. The smallest absolute Gasteiger partial charge is 0.229 e. The van der Waals surface area contributed by atoms with Crippen molar-refractivity contribution in [3.05, 3.63) is 65.4 Å². The van der Waals surface area contributed by atoms with E-state index in [0.717, 1.165) is 23.3 Å². The Morgan fingerprint density at radius 3 is 2.37 bits per heavy atom. The second-order valence-corrected chi connectivity index (χ2v) is 8.47. The first kappa shape index (κ1) is 19.4. The van der Waals surface area contributed by atoms with Crippen molar-refractivity contribution in [1.82, 2.24) is 4.98 Å². The van der Waals surface area contributed by atoms with Crippen LogP contribution in [0.1, 0.15) is 37.8 Å². The molecule has 1 aromatic heterocycles. The number of aromatic amines is 1. The molecule has 3 rings (SSSR count). The van der Waals surface area contributed by atoms with Gasteiger partial charge in [0.15, 0.2) is 11.6 Å². The topological polar surface area (TPSA) is 62.0 Å². The van der Waals surface area contributed by atoms with Crippen LogP contribution in [-0.4, -0.2) is 19.7 Å². The lowest BCUT2D eigenvalue weighted by molar-refractivity contribution is 0.466. The summed E-state index contributed by atoms with van der Waals surface area (Å²) in [7, 11) is -3.43. The standard InChI is InChI=1S/C20H22F2N2O2S/c1-4-20(5-2,13-9-10-16(21)17(22)11-13)15-12-23-19-14(15)7-6-8-18(19)24-27(3,25)26/h6-12,23-24H,4-5H2,1-3H3. The SMILES string of the molecule is CCC(CC)(c1ccc(F)c(F)c1)c1c[nH]c2c(NS(C)(=O)=O)cccc12. The van der Waals surface area contributed by atoms with Gasteiger partial charge in [-0.3, -0.25) is 4.72 Å². The van der Waals surface area contributed by atoms with Crippen molar-refractivity contribution in [2.24, 2.45) is 0 Å². The molecule has 0 spiro atoms. The fourth-order valence-electron chi connectivity index (χ4n) is 3.82. The first-order chi connectivity index (χ1) is 12.7. The Kier molecular flexibility index (Phi) is 4.99. The zero-order valence-electron chi connectivity index (χ0n) is 15.4. The van der Waals surface area contributed by atoms with Crippen molar-refractivity contribution in [2.45, 2.75) is 32.1 Å². The number of fused-ring (bicyclic) bond motifs is 1. The number of nitrogens with one attached hydrogen (secondary N) is 2. The average Bonchev–Trinajstić information content (AvgIpc) is 3.04. The second-order valence-electron chi connectivity index (χ2n) is 6.72. The van der Waals surface area contributed by atoms with Gasteiger partial charge in [0.1, 0.15) is 0 Å². The summed E-state index contributed by atoms with van der Waals surface area (Å²) in [6, 6.07) is 9.36. The molecule has 0 atom stereocenters. The molecular weight excluding hydrogens is 370 g/mol. The summed E-state index contributed by atoms with van der Waals surface area (Å²) < 4.78 is 53.2. The van der Waals surface area contributed by atoms with E-state index in [4.69, 9.17) is 0 Å². The molecule has 0 saturated heterocycles. The normalized spacial score (nSPS) is 12.5. The van der Waals surface area contributed by atoms with Crippen molar-refractivity contribution in [2.75, 3.05) is 11.0 Å². The van der Waals surface area contributed by atoms with E-state index in [9.17, 15) is 17.2 Å². The van der Waals surface area contributed by atoms with E-state index in [0.29, 0.717) is 29.6 Å². The van der Waals surface area contributed by atoms with E-state index >= 15 is 0 Å². The molecule has 0 saturated carbocycles. The van der Waals surface area contributed by atoms with E-state index in [-0.39, 0.29) is 0 Å². The highest BCUT2D eigenvalue weighted by Gasteiger charge is 2.34. The van der Waals surface area contributed by atoms with Crippen molar-refractivity contribution < 1.29 is 17.2 Å². The molecule has 1 heterocycles. The summed E-state index contributed by atoms with van der Waals surface area (Å²) in [6.07, 6.45) is 4.27. The van der Waals surface area contributed by atoms with Gasteiger partial charge in [0.25, 0.3) is 0 Å². The van der Waals surface area contributed by atoms with Crippen LogP contribution in [0.25, 0.3) is 10.9 Å². The number of sulfonamides is 1. The van der Waals surface area contributed by atoms with Crippen molar-refractivity contribution in [3.8, 4) is 0 Å². The highest BCUT2D eigenvalue weighted by molar-refractivity contribution is 7.92. The van der Waals surface area contributed by atoms with Gasteiger partial charge in [-0.05, 0) is 42.2 Å². The second kappa shape index (κ2) is 6.96. The van der Waals surface area contributed by atoms with Gasteiger partial charge in [-0.1, -0.05) is 32.0 Å². The van der Waals surface area contributed by atoms with Crippen LogP contribution >= 0.6 is 0 Å². The van der Waals surface area contributed by atoms with E-state index < -0.39 is 27.1 Å². The molecule has 144 valence electrons. The number of hydrogen-bond donors (Lipinski definition) is 2. The molecule has 0 amide bonds. The third kappa shape index (κ3) is 3.43. The molecule has 4 nitrogen and oxygen atoms in total. The molecule has 3 aromatic rings. The summed E-state index contributed by atoms with van der Waals surface area (Å²) in [5.74, 6) is -1.75. The average molecular weight is 392 g/mol. The maximum Gasteiger partial charge on any atom is 0.229 e. The lowest BCUT2D eigenvalue weighted by atomic mass is 9.70. The number of hydrogen-bond acceptors (Lipinski definition) is 2. The number of halogens is 2. The lowest BCUT2D eigenvalue weighted by Gasteiger charge is -2.32. The van der Waals surface area contributed by atoms with E-state index in [1.807, 2.05) is 26.1 Å². The van der Waals surface area contributed by atoms with E-state index in [1.54, 1.807) is 18.2 Å². The van der Waals surface area contributed by atoms with E-state index in [1.165, 1.54) is 6.07 Å². The Hall–Kier alpha value is -2.41. The molecule has 2 N–H and O–H groups in total. The fourth-order valence-corrected chi connectivity index (χ4v) is 4.39. The summed E-state index contributed by atoms with van der Waals surface area (Å²) in [4.78, 5) is 3.15. The molecule has 0 radical (unpaired) electrons. The zero-order chi connectivity index (χ0) is 19.8. The number of para-hydroxylation sites is 1.